The zero-order valence-electron chi connectivity index (χ0n) is 19.9. The second-order valence-corrected chi connectivity index (χ2v) is 8.09. The largest absolute Gasteiger partial charge is 0.493 e. The van der Waals surface area contributed by atoms with Gasteiger partial charge in [-0.2, -0.15) is 0 Å². The van der Waals surface area contributed by atoms with Gasteiger partial charge in [0, 0.05) is 37.2 Å². The van der Waals surface area contributed by atoms with Crippen LogP contribution >= 0.6 is 0 Å². The van der Waals surface area contributed by atoms with Gasteiger partial charge in [-0.3, -0.25) is 4.79 Å². The van der Waals surface area contributed by atoms with Crippen molar-refractivity contribution in [2.75, 3.05) is 11.9 Å². The lowest BCUT2D eigenvalue weighted by molar-refractivity contribution is -0.131. The fourth-order valence-electron chi connectivity index (χ4n) is 3.55. The van der Waals surface area contributed by atoms with Crippen LogP contribution in [0.15, 0.2) is 91.1 Å². The summed E-state index contributed by atoms with van der Waals surface area (Å²) in [5.41, 5.74) is 4.37. The number of nitrogens with zero attached hydrogens (tertiary/aromatic N) is 1. The van der Waals surface area contributed by atoms with Crippen LogP contribution in [-0.4, -0.2) is 17.6 Å². The summed E-state index contributed by atoms with van der Waals surface area (Å²) in [6.07, 6.45) is 2.31. The Morgan fingerprint density at radius 3 is 2.31 bits per heavy atom. The minimum atomic E-state index is -0.386. The monoisotopic (exact) mass is 468 g/mol. The highest BCUT2D eigenvalue weighted by Gasteiger charge is 2.07. The smallest absolute Gasteiger partial charge is 0.308 e. The molecule has 0 bridgehead atoms. The Morgan fingerprint density at radius 2 is 1.60 bits per heavy atom. The Morgan fingerprint density at radius 1 is 0.857 bits per heavy atom. The van der Waals surface area contributed by atoms with Gasteiger partial charge in [0.2, 0.25) is 0 Å². The summed E-state index contributed by atoms with van der Waals surface area (Å²) in [5, 5.41) is 3.27. The number of carbonyl (C=O) groups is 1. The molecule has 3 aromatic carbocycles. The number of rotatable bonds is 10. The second-order valence-electron chi connectivity index (χ2n) is 8.09. The van der Waals surface area contributed by atoms with E-state index in [4.69, 9.17) is 14.2 Å². The number of ether oxygens (including phenoxy) is 3. The lowest BCUT2D eigenvalue weighted by Gasteiger charge is -2.14. The molecule has 4 rings (SSSR count). The van der Waals surface area contributed by atoms with E-state index in [-0.39, 0.29) is 5.97 Å². The van der Waals surface area contributed by atoms with E-state index >= 15 is 0 Å². The summed E-state index contributed by atoms with van der Waals surface area (Å²) in [4.78, 5) is 15.5. The molecule has 0 radical (unpaired) electrons. The van der Waals surface area contributed by atoms with Crippen LogP contribution in [0.1, 0.15) is 23.6 Å². The molecular weight excluding hydrogens is 440 g/mol. The van der Waals surface area contributed by atoms with Gasteiger partial charge in [-0.1, -0.05) is 54.6 Å². The Kier molecular flexibility index (Phi) is 7.96. The highest BCUT2D eigenvalue weighted by atomic mass is 16.5. The maximum atomic E-state index is 11.1. The van der Waals surface area contributed by atoms with Crippen molar-refractivity contribution in [3.8, 4) is 17.2 Å². The fourth-order valence-corrected chi connectivity index (χ4v) is 3.55. The molecule has 0 aliphatic rings. The average molecular weight is 469 g/mol. The molecule has 0 aliphatic heterocycles. The van der Waals surface area contributed by atoms with Gasteiger partial charge in [-0.05, 0) is 35.7 Å². The predicted octanol–water partition coefficient (Wildman–Crippen LogP) is 6.26. The molecule has 178 valence electrons. The summed E-state index contributed by atoms with van der Waals surface area (Å²) in [7, 11) is 0. The van der Waals surface area contributed by atoms with Crippen LogP contribution in [0.2, 0.25) is 0 Å². The number of nitrogens with one attached hydrogen (secondary N) is 1. The van der Waals surface area contributed by atoms with E-state index in [0.717, 1.165) is 17.7 Å². The van der Waals surface area contributed by atoms with Gasteiger partial charge in [0.25, 0.3) is 0 Å². The quantitative estimate of drug-likeness (QED) is 0.277. The number of aryl methyl sites for hydroxylation is 1. The SMILES string of the molecule is CC(=O)Oc1ccc(Nc2cc(OCCc3ccccc3C)cc(OCc3ccccc3)c2)nc1. The lowest BCUT2D eigenvalue weighted by atomic mass is 10.1. The number of hydrogen-bond donors (Lipinski definition) is 1. The topological polar surface area (TPSA) is 69.7 Å². The number of aromatic nitrogens is 1. The van der Waals surface area contributed by atoms with Crippen LogP contribution < -0.4 is 19.5 Å². The lowest BCUT2D eigenvalue weighted by Crippen LogP contribution is -2.04. The van der Waals surface area contributed by atoms with E-state index in [1.165, 1.54) is 24.2 Å². The van der Waals surface area contributed by atoms with Crippen molar-refractivity contribution in [1.82, 2.24) is 4.98 Å². The van der Waals surface area contributed by atoms with Crippen LogP contribution in [-0.2, 0) is 17.8 Å². The number of carbonyl (C=O) groups excluding carboxylic acids is 1. The van der Waals surface area contributed by atoms with Gasteiger partial charge < -0.3 is 19.5 Å². The maximum Gasteiger partial charge on any atom is 0.308 e. The van der Waals surface area contributed by atoms with Gasteiger partial charge >= 0.3 is 5.97 Å². The fraction of sp³-hybridized carbons (Fsp3) is 0.172. The van der Waals surface area contributed by atoms with Crippen LogP contribution in [0.25, 0.3) is 0 Å². The first-order valence-electron chi connectivity index (χ1n) is 11.5. The molecule has 0 saturated carbocycles. The first kappa shape index (κ1) is 23.8. The van der Waals surface area contributed by atoms with Crippen molar-refractivity contribution in [3.63, 3.8) is 0 Å². The van der Waals surface area contributed by atoms with Crippen molar-refractivity contribution in [2.45, 2.75) is 26.9 Å². The molecule has 6 heteroatoms. The zero-order valence-corrected chi connectivity index (χ0v) is 19.9. The normalized spacial score (nSPS) is 10.5. The van der Waals surface area contributed by atoms with Crippen molar-refractivity contribution in [3.05, 3.63) is 108 Å². The summed E-state index contributed by atoms with van der Waals surface area (Å²) in [5.74, 6) is 1.99. The van der Waals surface area contributed by atoms with Crippen molar-refractivity contribution >= 4 is 17.5 Å². The van der Waals surface area contributed by atoms with Crippen LogP contribution in [0.5, 0.6) is 17.2 Å². The first-order chi connectivity index (χ1) is 17.0. The van der Waals surface area contributed by atoms with Crippen LogP contribution in [0.4, 0.5) is 11.5 Å². The predicted molar refractivity (Wildman–Crippen MR) is 136 cm³/mol. The first-order valence-corrected chi connectivity index (χ1v) is 11.5. The number of pyridine rings is 1. The summed E-state index contributed by atoms with van der Waals surface area (Å²) in [6, 6.07) is 27.5. The van der Waals surface area contributed by atoms with E-state index in [1.54, 1.807) is 12.1 Å². The molecule has 0 aliphatic carbocycles. The zero-order chi connectivity index (χ0) is 24.5. The van der Waals surface area contributed by atoms with E-state index in [9.17, 15) is 4.79 Å². The van der Waals surface area contributed by atoms with Gasteiger partial charge in [0.1, 0.15) is 29.7 Å². The van der Waals surface area contributed by atoms with Gasteiger partial charge in [0.15, 0.2) is 0 Å². The summed E-state index contributed by atoms with van der Waals surface area (Å²) >= 11 is 0. The minimum Gasteiger partial charge on any atom is -0.493 e. The molecule has 0 unspecified atom stereocenters. The van der Waals surface area contributed by atoms with Gasteiger partial charge in [-0.25, -0.2) is 4.98 Å². The van der Waals surface area contributed by atoms with Crippen LogP contribution in [0, 0.1) is 6.92 Å². The third kappa shape index (κ3) is 7.33. The molecule has 0 amide bonds. The molecule has 1 heterocycles. The molecule has 35 heavy (non-hydrogen) atoms. The molecule has 6 nitrogen and oxygen atoms in total. The van der Waals surface area contributed by atoms with E-state index in [0.29, 0.717) is 36.3 Å². The Hall–Kier alpha value is -4.32. The van der Waals surface area contributed by atoms with E-state index < -0.39 is 0 Å². The van der Waals surface area contributed by atoms with Crippen molar-refractivity contribution in [1.29, 1.82) is 0 Å². The average Bonchev–Trinajstić information content (AvgIpc) is 2.85. The van der Waals surface area contributed by atoms with E-state index in [2.05, 4.69) is 29.4 Å². The molecule has 0 saturated heterocycles. The Labute approximate surface area is 205 Å². The molecule has 1 aromatic heterocycles. The molecule has 0 fully saturated rings. The molecular formula is C29H28N2O4. The maximum absolute atomic E-state index is 11.1. The van der Waals surface area contributed by atoms with Crippen LogP contribution in [0.3, 0.4) is 0 Å². The number of anilines is 2. The minimum absolute atomic E-state index is 0.386. The van der Waals surface area contributed by atoms with E-state index in [1.807, 2.05) is 60.7 Å². The number of benzene rings is 3. The standard InChI is InChI=1S/C29H28N2O4/c1-21-8-6-7-11-24(21)14-15-33-27-16-25(31-29-13-12-26(19-30-29)35-22(2)32)17-28(18-27)34-20-23-9-4-3-5-10-23/h3-13,16-19H,14-15,20H2,1-2H3,(H,30,31). The highest BCUT2D eigenvalue weighted by molar-refractivity contribution is 5.69. The molecule has 0 spiro atoms. The third-order valence-corrected chi connectivity index (χ3v) is 5.30. The second kappa shape index (κ2) is 11.7. The third-order valence-electron chi connectivity index (χ3n) is 5.30. The summed E-state index contributed by atoms with van der Waals surface area (Å²) < 4.78 is 17.2. The summed E-state index contributed by atoms with van der Waals surface area (Å²) in [6.45, 7) is 4.45. The number of esters is 1. The van der Waals surface area contributed by atoms with Gasteiger partial charge in [-0.15, -0.1) is 0 Å². The molecule has 0 atom stereocenters. The number of hydrogen-bond acceptors (Lipinski definition) is 6. The molecule has 1 N–H and O–H groups in total. The van der Waals surface area contributed by atoms with Crippen molar-refractivity contribution in [2.24, 2.45) is 0 Å². The Bertz CT molecular complexity index is 1260. The van der Waals surface area contributed by atoms with Crippen molar-refractivity contribution < 1.29 is 19.0 Å². The van der Waals surface area contributed by atoms with Gasteiger partial charge in [0.05, 0.1) is 12.8 Å². The Balaban J connectivity index is 1.48. The highest BCUT2D eigenvalue weighted by Crippen LogP contribution is 2.29. The molecule has 4 aromatic rings.